The first kappa shape index (κ1) is 38.8. The minimum atomic E-state index is -0.879. The number of ether oxygens (including phenoxy) is 8. The van der Waals surface area contributed by atoms with Crippen LogP contribution in [0.25, 0.3) is 0 Å². The molecule has 0 aliphatic rings. The lowest BCUT2D eigenvalue weighted by atomic mass is 10.2. The zero-order chi connectivity index (χ0) is 32.8. The van der Waals surface area contributed by atoms with E-state index < -0.39 is 5.97 Å². The highest BCUT2D eigenvalue weighted by atomic mass is 16.6. The number of nitrogens with zero attached hydrogens (tertiary/aromatic N) is 2. The van der Waals surface area contributed by atoms with Gasteiger partial charge in [-0.25, -0.2) is 0 Å². The standard InChI is InChI=1S/C32H47N3O11/c36-31(37)10-12-39-14-16-41-18-20-43-22-24-45-26-27-46-25-23-44-21-19-42-17-15-40-13-11-33-32(38)28-6-8-30(9-7-28)35-34-29-4-2-1-3-5-29/h1-9H,10-27H2,(H,33,38)(H,36,37)/b35-34+. The van der Waals surface area contributed by atoms with Crippen molar-refractivity contribution in [3.05, 3.63) is 60.2 Å². The van der Waals surface area contributed by atoms with Crippen molar-refractivity contribution in [3.63, 3.8) is 0 Å². The highest BCUT2D eigenvalue weighted by Crippen LogP contribution is 2.18. The summed E-state index contributed by atoms with van der Waals surface area (Å²) in [4.78, 5) is 22.6. The molecule has 2 rings (SSSR count). The molecule has 0 aliphatic heterocycles. The maximum absolute atomic E-state index is 12.3. The first-order chi connectivity index (χ1) is 22.6. The third-order valence-corrected chi connectivity index (χ3v) is 5.76. The van der Waals surface area contributed by atoms with Gasteiger partial charge in [0.2, 0.25) is 0 Å². The topological polar surface area (TPSA) is 165 Å². The second kappa shape index (κ2) is 27.9. The van der Waals surface area contributed by atoms with Crippen LogP contribution in [0.1, 0.15) is 16.8 Å². The van der Waals surface area contributed by atoms with E-state index >= 15 is 0 Å². The number of carboxylic acid groups (broad SMARTS) is 1. The van der Waals surface area contributed by atoms with Crippen molar-refractivity contribution in [1.29, 1.82) is 0 Å². The summed E-state index contributed by atoms with van der Waals surface area (Å²) in [5.74, 6) is -1.06. The third kappa shape index (κ3) is 22.2. The lowest BCUT2D eigenvalue weighted by molar-refractivity contribution is -0.138. The predicted molar refractivity (Wildman–Crippen MR) is 168 cm³/mol. The number of rotatable bonds is 30. The largest absolute Gasteiger partial charge is 0.481 e. The molecule has 0 fully saturated rings. The van der Waals surface area contributed by atoms with Gasteiger partial charge in [-0.2, -0.15) is 10.2 Å². The fourth-order valence-electron chi connectivity index (χ4n) is 3.43. The molecule has 256 valence electrons. The van der Waals surface area contributed by atoms with Crippen LogP contribution in [-0.4, -0.2) is 129 Å². The molecule has 0 saturated carbocycles. The number of carbonyl (C=O) groups is 2. The molecule has 2 aromatic carbocycles. The molecule has 0 unspecified atom stereocenters. The van der Waals surface area contributed by atoms with Crippen LogP contribution in [0, 0.1) is 0 Å². The van der Waals surface area contributed by atoms with E-state index in [1.165, 1.54) is 0 Å². The van der Waals surface area contributed by atoms with E-state index in [2.05, 4.69) is 15.5 Å². The van der Waals surface area contributed by atoms with Gasteiger partial charge in [-0.15, -0.1) is 0 Å². The Morgan fingerprint density at radius 3 is 1.28 bits per heavy atom. The van der Waals surface area contributed by atoms with E-state index in [1.54, 1.807) is 24.3 Å². The van der Waals surface area contributed by atoms with Gasteiger partial charge in [-0.05, 0) is 36.4 Å². The average Bonchev–Trinajstić information content (AvgIpc) is 3.07. The molecule has 2 N–H and O–H groups in total. The molecule has 1 amide bonds. The van der Waals surface area contributed by atoms with E-state index in [-0.39, 0.29) is 18.9 Å². The van der Waals surface area contributed by atoms with Gasteiger partial charge in [0.1, 0.15) is 0 Å². The zero-order valence-electron chi connectivity index (χ0n) is 26.3. The predicted octanol–water partition coefficient (Wildman–Crippen LogP) is 3.44. The quantitative estimate of drug-likeness (QED) is 0.0941. The normalized spacial score (nSPS) is 11.3. The maximum atomic E-state index is 12.3. The monoisotopic (exact) mass is 649 g/mol. The number of hydrogen-bond donors (Lipinski definition) is 2. The molecule has 14 heteroatoms. The molecule has 46 heavy (non-hydrogen) atoms. The minimum absolute atomic E-state index is 0.00750. The number of benzene rings is 2. The zero-order valence-corrected chi connectivity index (χ0v) is 26.3. The van der Waals surface area contributed by atoms with E-state index in [9.17, 15) is 9.59 Å². The Morgan fingerprint density at radius 1 is 0.500 bits per heavy atom. The van der Waals surface area contributed by atoms with Gasteiger partial charge in [-0.1, -0.05) is 18.2 Å². The highest BCUT2D eigenvalue weighted by Gasteiger charge is 2.05. The molecular weight excluding hydrogens is 602 g/mol. The van der Waals surface area contributed by atoms with Crippen molar-refractivity contribution < 1.29 is 52.6 Å². The summed E-state index contributed by atoms with van der Waals surface area (Å²) in [6.45, 7) is 7.18. The smallest absolute Gasteiger partial charge is 0.305 e. The first-order valence-corrected chi connectivity index (χ1v) is 15.3. The second-order valence-electron chi connectivity index (χ2n) is 9.38. The molecule has 0 aromatic heterocycles. The van der Waals surface area contributed by atoms with Gasteiger partial charge in [0.15, 0.2) is 0 Å². The summed E-state index contributed by atoms with van der Waals surface area (Å²) in [7, 11) is 0. The molecule has 0 heterocycles. The van der Waals surface area contributed by atoms with Crippen molar-refractivity contribution in [2.24, 2.45) is 10.2 Å². The summed E-state index contributed by atoms with van der Waals surface area (Å²) >= 11 is 0. The Kier molecular flexibility index (Phi) is 23.6. The fourth-order valence-corrected chi connectivity index (χ4v) is 3.43. The van der Waals surface area contributed by atoms with Crippen molar-refractivity contribution >= 4 is 23.3 Å². The molecule has 14 nitrogen and oxygen atoms in total. The van der Waals surface area contributed by atoms with Crippen LogP contribution in [0.3, 0.4) is 0 Å². The number of aliphatic carboxylic acids is 1. The van der Waals surface area contributed by atoms with Gasteiger partial charge in [0.25, 0.3) is 5.91 Å². The van der Waals surface area contributed by atoms with E-state index in [0.717, 1.165) is 5.69 Å². The van der Waals surface area contributed by atoms with Crippen molar-refractivity contribution in [2.75, 3.05) is 112 Å². The Labute approximate surface area is 270 Å². The molecule has 0 bridgehead atoms. The van der Waals surface area contributed by atoms with Gasteiger partial charge >= 0.3 is 5.97 Å². The van der Waals surface area contributed by atoms with Gasteiger partial charge < -0.3 is 48.3 Å². The first-order valence-electron chi connectivity index (χ1n) is 15.3. The number of hydrogen-bond acceptors (Lipinski definition) is 12. The van der Waals surface area contributed by atoms with E-state index in [0.29, 0.717) is 117 Å². The van der Waals surface area contributed by atoms with Crippen LogP contribution < -0.4 is 5.32 Å². The number of carbonyl (C=O) groups excluding carboxylic acids is 1. The van der Waals surface area contributed by atoms with Crippen LogP contribution in [0.5, 0.6) is 0 Å². The van der Waals surface area contributed by atoms with Crippen LogP contribution in [0.15, 0.2) is 64.8 Å². The third-order valence-electron chi connectivity index (χ3n) is 5.76. The number of azo groups is 1. The van der Waals surface area contributed by atoms with E-state index in [1.807, 2.05) is 30.3 Å². The van der Waals surface area contributed by atoms with Crippen LogP contribution in [0.4, 0.5) is 11.4 Å². The Morgan fingerprint density at radius 2 is 0.870 bits per heavy atom. The minimum Gasteiger partial charge on any atom is -0.481 e. The molecule has 0 spiro atoms. The summed E-state index contributed by atoms with van der Waals surface area (Å²) in [5.41, 5.74) is 1.97. The van der Waals surface area contributed by atoms with Gasteiger partial charge in [0, 0.05) is 12.1 Å². The molecular formula is C32H47N3O11. The molecule has 2 aromatic rings. The maximum Gasteiger partial charge on any atom is 0.305 e. The lowest BCUT2D eigenvalue weighted by Crippen LogP contribution is -2.27. The summed E-state index contributed by atoms with van der Waals surface area (Å²) in [6, 6.07) is 16.4. The number of amides is 1. The average molecular weight is 650 g/mol. The van der Waals surface area contributed by atoms with Crippen LogP contribution >= 0.6 is 0 Å². The summed E-state index contributed by atoms with van der Waals surface area (Å²) in [6.07, 6.45) is -0.00750. The highest BCUT2D eigenvalue weighted by molar-refractivity contribution is 5.94. The molecule has 0 radical (unpaired) electrons. The van der Waals surface area contributed by atoms with Crippen LogP contribution in [-0.2, 0) is 42.7 Å². The van der Waals surface area contributed by atoms with Gasteiger partial charge in [0.05, 0.1) is 124 Å². The fraction of sp³-hybridized carbons (Fsp3) is 0.562. The Hall–Kier alpha value is -3.34. The van der Waals surface area contributed by atoms with Crippen molar-refractivity contribution in [2.45, 2.75) is 6.42 Å². The Balaban J connectivity index is 1.26. The summed E-state index contributed by atoms with van der Waals surface area (Å²) < 4.78 is 43.1. The van der Waals surface area contributed by atoms with E-state index in [4.69, 9.17) is 43.0 Å². The molecule has 0 saturated heterocycles. The van der Waals surface area contributed by atoms with Crippen molar-refractivity contribution in [3.8, 4) is 0 Å². The van der Waals surface area contributed by atoms with Crippen LogP contribution in [0.2, 0.25) is 0 Å². The van der Waals surface area contributed by atoms with Gasteiger partial charge in [-0.3, -0.25) is 9.59 Å². The molecule has 0 atom stereocenters. The Bertz CT molecular complexity index is 1060. The number of carboxylic acids is 1. The molecule has 0 aliphatic carbocycles. The van der Waals surface area contributed by atoms with Crippen molar-refractivity contribution in [1.82, 2.24) is 5.32 Å². The lowest BCUT2D eigenvalue weighted by Gasteiger charge is -2.09. The summed E-state index contributed by atoms with van der Waals surface area (Å²) in [5, 5.41) is 19.6. The second-order valence-corrected chi connectivity index (χ2v) is 9.38. The SMILES string of the molecule is O=C(O)CCOCCOCCOCCOCCOCCOCCOCCOCCNC(=O)c1ccc(/N=N/c2ccccc2)cc1. The number of nitrogens with one attached hydrogen (secondary N) is 1.